The number of nitrogens with zero attached hydrogens (tertiary/aromatic N) is 2. The molecule has 1 heterocycles. The van der Waals surface area contributed by atoms with Gasteiger partial charge in [0.05, 0.1) is 0 Å². The van der Waals surface area contributed by atoms with E-state index in [0.29, 0.717) is 5.82 Å². The van der Waals surface area contributed by atoms with E-state index >= 15 is 0 Å². The smallest absolute Gasteiger partial charge is 0.324 e. The molecule has 0 aliphatic rings. The highest BCUT2D eigenvalue weighted by Crippen LogP contribution is 2.15. The molecule has 0 bridgehead atoms. The zero-order valence-corrected chi connectivity index (χ0v) is 11.8. The number of nitrogens with one attached hydrogen (secondary N) is 2. The Kier molecular flexibility index (Phi) is 4.20. The largest absolute Gasteiger partial charge is 0.378 e. The Labute approximate surface area is 118 Å². The lowest BCUT2D eigenvalue weighted by molar-refractivity contribution is 0.262. The second-order valence-electron chi connectivity index (χ2n) is 4.74. The molecule has 5 heteroatoms. The Bertz CT molecular complexity index is 576. The molecule has 0 saturated heterocycles. The first-order valence-corrected chi connectivity index (χ1v) is 6.32. The minimum Gasteiger partial charge on any atom is -0.378 e. The molecule has 0 aliphatic carbocycles. The number of amides is 2. The maximum absolute atomic E-state index is 11.8. The SMILES string of the molecule is Cc1ccc(NC(=O)Nc2ccc(N(C)C)cc2)nc1. The van der Waals surface area contributed by atoms with Gasteiger partial charge in [0.1, 0.15) is 5.82 Å². The summed E-state index contributed by atoms with van der Waals surface area (Å²) in [6.07, 6.45) is 1.71. The predicted molar refractivity (Wildman–Crippen MR) is 82.4 cm³/mol. The lowest BCUT2D eigenvalue weighted by Gasteiger charge is -2.13. The molecule has 1 aromatic carbocycles. The summed E-state index contributed by atoms with van der Waals surface area (Å²) in [5, 5.41) is 5.45. The molecular weight excluding hydrogens is 252 g/mol. The molecule has 5 nitrogen and oxygen atoms in total. The topological polar surface area (TPSA) is 57.3 Å². The van der Waals surface area contributed by atoms with Crippen LogP contribution >= 0.6 is 0 Å². The number of rotatable bonds is 3. The fraction of sp³-hybridized carbons (Fsp3) is 0.200. The van der Waals surface area contributed by atoms with Gasteiger partial charge in [0.2, 0.25) is 0 Å². The Morgan fingerprint density at radius 1 is 1.05 bits per heavy atom. The molecular formula is C15H18N4O. The fourth-order valence-electron chi connectivity index (χ4n) is 1.66. The van der Waals surface area contributed by atoms with Gasteiger partial charge in [-0.15, -0.1) is 0 Å². The van der Waals surface area contributed by atoms with Gasteiger partial charge in [0.25, 0.3) is 0 Å². The van der Waals surface area contributed by atoms with E-state index in [-0.39, 0.29) is 6.03 Å². The van der Waals surface area contributed by atoms with Crippen molar-refractivity contribution in [1.29, 1.82) is 0 Å². The number of hydrogen-bond acceptors (Lipinski definition) is 3. The van der Waals surface area contributed by atoms with Crippen LogP contribution in [0.4, 0.5) is 22.0 Å². The van der Waals surface area contributed by atoms with Crippen molar-refractivity contribution in [2.24, 2.45) is 0 Å². The third-order valence-electron chi connectivity index (χ3n) is 2.79. The normalized spacial score (nSPS) is 9.95. The van der Waals surface area contributed by atoms with Gasteiger partial charge >= 0.3 is 6.03 Å². The number of hydrogen-bond donors (Lipinski definition) is 2. The number of benzene rings is 1. The van der Waals surface area contributed by atoms with Crippen molar-refractivity contribution in [2.75, 3.05) is 29.6 Å². The van der Waals surface area contributed by atoms with Crippen LogP contribution in [0.15, 0.2) is 42.6 Å². The van der Waals surface area contributed by atoms with Gasteiger partial charge in [-0.25, -0.2) is 9.78 Å². The van der Waals surface area contributed by atoms with Gasteiger partial charge in [-0.2, -0.15) is 0 Å². The number of anilines is 3. The quantitative estimate of drug-likeness (QED) is 0.901. The van der Waals surface area contributed by atoms with E-state index in [1.54, 1.807) is 12.3 Å². The van der Waals surface area contributed by atoms with Crippen molar-refractivity contribution in [1.82, 2.24) is 4.98 Å². The Morgan fingerprint density at radius 2 is 1.75 bits per heavy atom. The van der Waals surface area contributed by atoms with Crippen LogP contribution in [0.25, 0.3) is 0 Å². The standard InChI is InChI=1S/C15H18N4O/c1-11-4-9-14(16-10-11)18-15(20)17-12-5-7-13(8-6-12)19(2)3/h4-10H,1-3H3,(H2,16,17,18,20). The van der Waals surface area contributed by atoms with Crippen molar-refractivity contribution >= 4 is 23.2 Å². The molecule has 0 radical (unpaired) electrons. The minimum absolute atomic E-state index is 0.307. The summed E-state index contributed by atoms with van der Waals surface area (Å²) in [6.45, 7) is 1.95. The lowest BCUT2D eigenvalue weighted by atomic mass is 10.2. The molecule has 2 N–H and O–H groups in total. The van der Waals surface area contributed by atoms with Gasteiger partial charge < -0.3 is 10.2 Å². The molecule has 104 valence electrons. The summed E-state index contributed by atoms with van der Waals surface area (Å²) in [5.41, 5.74) is 2.87. The van der Waals surface area contributed by atoms with Crippen LogP contribution in [0.2, 0.25) is 0 Å². The van der Waals surface area contributed by atoms with Gasteiger partial charge in [-0.05, 0) is 42.8 Å². The summed E-state index contributed by atoms with van der Waals surface area (Å²) in [5.74, 6) is 0.526. The van der Waals surface area contributed by atoms with E-state index in [0.717, 1.165) is 16.9 Å². The van der Waals surface area contributed by atoms with E-state index in [4.69, 9.17) is 0 Å². The molecule has 0 aliphatic heterocycles. The molecule has 1 aromatic heterocycles. The second kappa shape index (κ2) is 6.06. The van der Waals surface area contributed by atoms with E-state index < -0.39 is 0 Å². The van der Waals surface area contributed by atoms with E-state index in [9.17, 15) is 4.79 Å². The number of urea groups is 1. The third-order valence-corrected chi connectivity index (χ3v) is 2.79. The van der Waals surface area contributed by atoms with Crippen LogP contribution in [-0.2, 0) is 0 Å². The first kappa shape index (κ1) is 13.9. The fourth-order valence-corrected chi connectivity index (χ4v) is 1.66. The van der Waals surface area contributed by atoms with Crippen LogP contribution in [0.3, 0.4) is 0 Å². The maximum atomic E-state index is 11.8. The van der Waals surface area contributed by atoms with Gasteiger partial charge in [-0.3, -0.25) is 5.32 Å². The Morgan fingerprint density at radius 3 is 2.30 bits per heavy atom. The number of aromatic nitrogens is 1. The molecule has 0 fully saturated rings. The Balaban J connectivity index is 1.95. The van der Waals surface area contributed by atoms with Crippen LogP contribution in [-0.4, -0.2) is 25.1 Å². The molecule has 0 unspecified atom stereocenters. The molecule has 20 heavy (non-hydrogen) atoms. The Hall–Kier alpha value is -2.56. The monoisotopic (exact) mass is 270 g/mol. The zero-order valence-electron chi connectivity index (χ0n) is 11.8. The molecule has 2 rings (SSSR count). The molecule has 0 saturated carbocycles. The van der Waals surface area contributed by atoms with E-state index in [1.165, 1.54) is 0 Å². The number of carbonyl (C=O) groups excluding carboxylic acids is 1. The van der Waals surface area contributed by atoms with E-state index in [1.807, 2.05) is 56.3 Å². The van der Waals surface area contributed by atoms with Gasteiger partial charge in [-0.1, -0.05) is 6.07 Å². The highest BCUT2D eigenvalue weighted by Gasteiger charge is 2.03. The van der Waals surface area contributed by atoms with Crippen molar-refractivity contribution in [3.8, 4) is 0 Å². The number of aryl methyl sites for hydroxylation is 1. The van der Waals surface area contributed by atoms with Crippen molar-refractivity contribution < 1.29 is 4.79 Å². The average Bonchev–Trinajstić information content (AvgIpc) is 2.42. The van der Waals surface area contributed by atoms with Crippen molar-refractivity contribution in [2.45, 2.75) is 6.92 Å². The minimum atomic E-state index is -0.307. The summed E-state index contributed by atoms with van der Waals surface area (Å²) in [6, 6.07) is 11.0. The third kappa shape index (κ3) is 3.71. The average molecular weight is 270 g/mol. The highest BCUT2D eigenvalue weighted by molar-refractivity contribution is 5.99. The van der Waals surface area contributed by atoms with Crippen molar-refractivity contribution in [3.63, 3.8) is 0 Å². The summed E-state index contributed by atoms with van der Waals surface area (Å²) < 4.78 is 0. The molecule has 2 amide bonds. The van der Waals surface area contributed by atoms with Gasteiger partial charge in [0, 0.05) is 31.7 Å². The summed E-state index contributed by atoms with van der Waals surface area (Å²) in [4.78, 5) is 17.9. The molecule has 2 aromatic rings. The van der Waals surface area contributed by atoms with Crippen LogP contribution in [0.5, 0.6) is 0 Å². The first-order chi connectivity index (χ1) is 9.54. The van der Waals surface area contributed by atoms with Crippen molar-refractivity contribution in [3.05, 3.63) is 48.2 Å². The van der Waals surface area contributed by atoms with E-state index in [2.05, 4.69) is 15.6 Å². The molecule has 0 atom stereocenters. The van der Waals surface area contributed by atoms with Crippen LogP contribution in [0, 0.1) is 6.92 Å². The summed E-state index contributed by atoms with van der Waals surface area (Å²) in [7, 11) is 3.94. The zero-order chi connectivity index (χ0) is 14.5. The van der Waals surface area contributed by atoms with Crippen LogP contribution in [0.1, 0.15) is 5.56 Å². The second-order valence-corrected chi connectivity index (χ2v) is 4.74. The molecule has 0 spiro atoms. The summed E-state index contributed by atoms with van der Waals surface area (Å²) >= 11 is 0. The number of pyridine rings is 1. The van der Waals surface area contributed by atoms with Crippen LogP contribution < -0.4 is 15.5 Å². The predicted octanol–water partition coefficient (Wildman–Crippen LogP) is 3.10. The van der Waals surface area contributed by atoms with Gasteiger partial charge in [0.15, 0.2) is 0 Å². The first-order valence-electron chi connectivity index (χ1n) is 6.32. The maximum Gasteiger partial charge on any atom is 0.324 e. The lowest BCUT2D eigenvalue weighted by Crippen LogP contribution is -2.20. The number of carbonyl (C=O) groups is 1. The highest BCUT2D eigenvalue weighted by atomic mass is 16.2.